The zero-order chi connectivity index (χ0) is 65.6. The van der Waals surface area contributed by atoms with Gasteiger partial charge in [0.2, 0.25) is 13.6 Å². The van der Waals surface area contributed by atoms with Gasteiger partial charge in [-0.2, -0.15) is 0 Å². The highest BCUT2D eigenvalue weighted by molar-refractivity contribution is 6.40. The van der Waals surface area contributed by atoms with E-state index in [0.717, 1.165) is 116 Å². The van der Waals surface area contributed by atoms with Crippen LogP contribution in [0.5, 0.6) is 0 Å². The van der Waals surface area contributed by atoms with Crippen molar-refractivity contribution in [1.82, 2.24) is 0 Å². The third-order valence-electron chi connectivity index (χ3n) is 28.6. The van der Waals surface area contributed by atoms with Crippen LogP contribution >= 0.6 is 23.2 Å². The van der Waals surface area contributed by atoms with Gasteiger partial charge in [0.15, 0.2) is 0 Å². The summed E-state index contributed by atoms with van der Waals surface area (Å²) in [5, 5.41) is 11.2. The molecule has 0 saturated heterocycles. The molecule has 502 valence electrons. The molecule has 0 aliphatic heterocycles. The second-order valence-corrected chi connectivity index (χ2v) is 33.2. The molecule has 0 aromatic rings. The van der Waals surface area contributed by atoms with Crippen molar-refractivity contribution in [3.8, 4) is 0 Å². The van der Waals surface area contributed by atoms with Gasteiger partial charge in [-0.15, -0.1) is 23.2 Å². The first-order valence-corrected chi connectivity index (χ1v) is 35.0. The lowest BCUT2D eigenvalue weighted by molar-refractivity contribution is -0.251. The fourth-order valence-corrected chi connectivity index (χ4v) is 24.1. The fourth-order valence-electron chi connectivity index (χ4n) is 24.1. The second kappa shape index (κ2) is 27.3. The molecular formula is C73H118Cl2O13. The summed E-state index contributed by atoms with van der Waals surface area (Å²) < 4.78 is 37.0. The number of fused-ring (bicyclic) bond motifs is 14. The Hall–Kier alpha value is -2.71. The predicted octanol–water partition coefficient (Wildman–Crippen LogP) is 16.4. The Kier molecular flexibility index (Phi) is 22.6. The van der Waals surface area contributed by atoms with Gasteiger partial charge in [-0.1, -0.05) is 93.5 Å². The van der Waals surface area contributed by atoms with E-state index in [1.54, 1.807) is 7.11 Å². The van der Waals surface area contributed by atoms with Gasteiger partial charge < -0.3 is 38.3 Å². The van der Waals surface area contributed by atoms with Gasteiger partial charge in [0.05, 0.1) is 22.3 Å². The first-order chi connectivity index (χ1) is 41.1. The van der Waals surface area contributed by atoms with Crippen molar-refractivity contribution in [2.75, 3.05) is 46.4 Å². The van der Waals surface area contributed by atoms with Crippen LogP contribution in [0.15, 0.2) is 24.3 Å². The molecule has 0 radical (unpaired) electrons. The van der Waals surface area contributed by atoms with E-state index in [4.69, 9.17) is 51.6 Å². The highest BCUT2D eigenvalue weighted by Crippen LogP contribution is 2.80. The lowest BCUT2D eigenvalue weighted by Crippen LogP contribution is -2.67. The van der Waals surface area contributed by atoms with Crippen LogP contribution in [0.25, 0.3) is 0 Å². The van der Waals surface area contributed by atoms with Crippen LogP contribution in [-0.4, -0.2) is 93.5 Å². The van der Waals surface area contributed by atoms with E-state index in [2.05, 4.69) is 101 Å². The predicted molar refractivity (Wildman–Crippen MR) is 345 cm³/mol. The Morgan fingerprint density at radius 3 is 1.25 bits per heavy atom. The van der Waals surface area contributed by atoms with Crippen molar-refractivity contribution in [3.05, 3.63) is 24.3 Å². The van der Waals surface area contributed by atoms with E-state index in [0.29, 0.717) is 47.3 Å². The lowest BCUT2D eigenvalue weighted by atomic mass is 9.32. The van der Waals surface area contributed by atoms with Crippen LogP contribution < -0.4 is 0 Å². The van der Waals surface area contributed by atoms with Gasteiger partial charge in [0.1, 0.15) is 12.7 Å². The first-order valence-electron chi connectivity index (χ1n) is 34.0. The maximum atomic E-state index is 13.9. The Morgan fingerprint density at radius 1 is 0.477 bits per heavy atom. The van der Waals surface area contributed by atoms with E-state index in [9.17, 15) is 29.1 Å². The Labute approximate surface area is 541 Å². The molecule has 10 rings (SSSR count). The fraction of sp³-hybridized carbons (Fsp3) is 0.877. The minimum Gasteiger partial charge on any atom is -0.460 e. The molecule has 0 aromatic carbocycles. The van der Waals surface area contributed by atoms with Gasteiger partial charge in [-0.25, -0.2) is 4.79 Å². The molecule has 10 saturated carbocycles. The van der Waals surface area contributed by atoms with Crippen molar-refractivity contribution in [2.24, 2.45) is 113 Å². The standard InChI is InChI=1S/C36H56O7.C33H52O5.C3H8O.CH2Cl2/c1-22(2)24-12-17-36(31(39)42-21-41-23(3)37)19-18-34(7)25(30(24)36)10-11-27-33(6)15-14-28(43-29(38)20-40-9)32(4,5)26(33)13-16-35(27,34)8;1-20(2)22-11-16-33(28(36)38-19-37-21(3)34)18-17-31(7)23(27(22)33)9-10-25-30(6)14-13-26(35)29(4,5)24(30)12-15-32(25,31)8;1-3-4-2;2-1-3/h24-28,30H,1,10-21H2,2-9H3;22-27,35H,1,9-19H2,2-8H3;3H2,1-2H3;1H2/t24-,25+,26?,27+,28-,30?,33-,34+,35+,36-;22-,23+,24?,25+,26-,27?,30-,31+,32+,33-;;/m00../s1. The summed E-state index contributed by atoms with van der Waals surface area (Å²) in [4.78, 5) is 62.8. The first kappa shape index (κ1) is 72.7. The minimum atomic E-state index is -0.537. The van der Waals surface area contributed by atoms with Crippen molar-refractivity contribution in [2.45, 2.75) is 244 Å². The van der Waals surface area contributed by atoms with Crippen LogP contribution in [-0.2, 0) is 57.1 Å². The number of aliphatic hydroxyl groups excluding tert-OH is 1. The van der Waals surface area contributed by atoms with E-state index in [1.807, 2.05) is 6.92 Å². The molecule has 0 bridgehead atoms. The summed E-state index contributed by atoms with van der Waals surface area (Å²) >= 11 is 9.53. The van der Waals surface area contributed by atoms with Gasteiger partial charge in [-0.05, 0) is 246 Å². The van der Waals surface area contributed by atoms with Gasteiger partial charge in [0.25, 0.3) is 0 Å². The number of alkyl halides is 2. The molecule has 0 spiro atoms. The van der Waals surface area contributed by atoms with Gasteiger partial charge in [-0.3, -0.25) is 19.2 Å². The molecular weight excluding hydrogens is 1160 g/mol. The van der Waals surface area contributed by atoms with Crippen molar-refractivity contribution in [1.29, 1.82) is 0 Å². The van der Waals surface area contributed by atoms with E-state index < -0.39 is 22.8 Å². The largest absolute Gasteiger partial charge is 0.460 e. The van der Waals surface area contributed by atoms with E-state index in [1.165, 1.54) is 51.4 Å². The van der Waals surface area contributed by atoms with Crippen LogP contribution in [0.4, 0.5) is 0 Å². The summed E-state index contributed by atoms with van der Waals surface area (Å²) in [6, 6.07) is 0. The lowest BCUT2D eigenvalue weighted by Gasteiger charge is -2.72. The van der Waals surface area contributed by atoms with Crippen LogP contribution in [0.1, 0.15) is 232 Å². The maximum absolute atomic E-state index is 13.9. The molecule has 10 fully saturated rings. The number of rotatable bonds is 12. The zero-order valence-electron chi connectivity index (χ0n) is 57.6. The number of carbonyl (C=O) groups excluding carboxylic acids is 5. The molecule has 0 heterocycles. The van der Waals surface area contributed by atoms with Crippen LogP contribution in [0.3, 0.4) is 0 Å². The topological polar surface area (TPSA) is 170 Å². The molecule has 15 heteroatoms. The average molecular weight is 1270 g/mol. The van der Waals surface area contributed by atoms with E-state index in [-0.39, 0.29) is 111 Å². The summed E-state index contributed by atoms with van der Waals surface area (Å²) in [5.74, 6) is 2.66. The van der Waals surface area contributed by atoms with Gasteiger partial charge in [0, 0.05) is 40.1 Å². The molecule has 88 heavy (non-hydrogen) atoms. The van der Waals surface area contributed by atoms with Crippen LogP contribution in [0, 0.1) is 113 Å². The normalized spacial score (nSPS) is 43.5. The number of allylic oxidation sites excluding steroid dienone is 2. The monoisotopic (exact) mass is 1270 g/mol. The average Bonchev–Trinajstić information content (AvgIpc) is 1.02. The van der Waals surface area contributed by atoms with Crippen LogP contribution in [0.2, 0.25) is 0 Å². The number of methoxy groups -OCH3 is 2. The third kappa shape index (κ3) is 12.2. The zero-order valence-corrected chi connectivity index (χ0v) is 59.1. The van der Waals surface area contributed by atoms with Crippen molar-refractivity contribution >= 4 is 53.0 Å². The number of esters is 5. The minimum absolute atomic E-state index is 0.0000829. The highest BCUT2D eigenvalue weighted by Gasteiger charge is 2.75. The van der Waals surface area contributed by atoms with Gasteiger partial charge >= 0.3 is 29.8 Å². The maximum Gasteiger partial charge on any atom is 0.332 e. The number of halogens is 2. The molecule has 20 atom stereocenters. The third-order valence-corrected chi connectivity index (χ3v) is 28.6. The summed E-state index contributed by atoms with van der Waals surface area (Å²) in [6.07, 6.45) is 20.3. The Balaban J connectivity index is 0.000000228. The van der Waals surface area contributed by atoms with E-state index >= 15 is 0 Å². The second-order valence-electron chi connectivity index (χ2n) is 32.4. The summed E-state index contributed by atoms with van der Waals surface area (Å²) in [7, 11) is 3.22. The molecule has 1 N–H and O–H groups in total. The van der Waals surface area contributed by atoms with Crippen molar-refractivity contribution < 1.29 is 62.2 Å². The molecule has 0 amide bonds. The number of carbonyl (C=O) groups is 5. The molecule has 10 aliphatic rings. The SMILES string of the molecule is C=C(C)[C@@H]1CC[C@]2(C(=O)OCOC(C)=O)CC[C@]3(C)[C@H](CC[C@@H]4[C@@]5(C)CC[C@H](O)C(C)(C)C5CC[C@]43C)C12.C=C(C)[C@@H]1CC[C@]2(C(=O)OCOC(C)=O)CC[C@]3(C)[C@H](CC[C@@H]4[C@@]5(C)CC[C@H](OC(=O)COC)C(C)(C)C5CC[C@]43C)C12.CCOC.ClCCl. The Bertz CT molecular complexity index is 2550. The smallest absolute Gasteiger partial charge is 0.332 e. The number of hydrogen-bond acceptors (Lipinski definition) is 13. The summed E-state index contributed by atoms with van der Waals surface area (Å²) in [5.41, 5.74) is 2.16. The number of hydrogen-bond donors (Lipinski definition) is 1. The molecule has 4 unspecified atom stereocenters. The van der Waals surface area contributed by atoms with Crippen molar-refractivity contribution in [3.63, 3.8) is 0 Å². The number of aliphatic hydroxyl groups is 1. The Morgan fingerprint density at radius 2 is 0.875 bits per heavy atom. The highest BCUT2D eigenvalue weighted by atomic mass is 35.5. The number of ether oxygens (including phenoxy) is 7. The molecule has 13 nitrogen and oxygen atoms in total. The quantitative estimate of drug-likeness (QED) is 0.0644. The summed E-state index contributed by atoms with van der Waals surface area (Å²) in [6.45, 7) is 42.6. The molecule has 10 aliphatic carbocycles. The molecule has 0 aromatic heterocycles.